The van der Waals surface area contributed by atoms with Gasteiger partial charge in [0.25, 0.3) is 10.0 Å². The van der Waals surface area contributed by atoms with Crippen LogP contribution in [0.25, 0.3) is 0 Å². The number of nitrogens with one attached hydrogen (secondary N) is 1. The second-order valence-electron chi connectivity index (χ2n) is 10.2. The monoisotopic (exact) mass is 581 g/mol. The lowest BCUT2D eigenvalue weighted by Crippen LogP contribution is -2.53. The molecule has 1 N–H and O–H groups in total. The predicted molar refractivity (Wildman–Crippen MR) is 159 cm³/mol. The van der Waals surface area contributed by atoms with Crippen molar-refractivity contribution >= 4 is 39.1 Å². The van der Waals surface area contributed by atoms with E-state index in [0.717, 1.165) is 41.1 Å². The van der Waals surface area contributed by atoms with E-state index in [1.54, 1.807) is 30.3 Å². The van der Waals surface area contributed by atoms with Crippen LogP contribution in [-0.2, 0) is 26.2 Å². The molecule has 0 bridgehead atoms. The molecule has 1 saturated carbocycles. The summed E-state index contributed by atoms with van der Waals surface area (Å²) in [6.45, 7) is 3.55. The van der Waals surface area contributed by atoms with Gasteiger partial charge in [-0.2, -0.15) is 0 Å². The van der Waals surface area contributed by atoms with Gasteiger partial charge in [0.1, 0.15) is 12.6 Å². The Balaban J connectivity index is 1.70. The van der Waals surface area contributed by atoms with E-state index in [1.807, 2.05) is 38.1 Å². The lowest BCUT2D eigenvalue weighted by Gasteiger charge is -2.34. The van der Waals surface area contributed by atoms with Crippen LogP contribution in [0.15, 0.2) is 83.8 Å². The van der Waals surface area contributed by atoms with Crippen LogP contribution >= 0.6 is 11.6 Å². The maximum absolute atomic E-state index is 14.1. The van der Waals surface area contributed by atoms with Gasteiger partial charge in [-0.3, -0.25) is 13.9 Å². The first-order valence-corrected chi connectivity index (χ1v) is 15.5. The molecular weight excluding hydrogens is 546 g/mol. The molecule has 3 aromatic rings. The number of hydrogen-bond acceptors (Lipinski definition) is 4. The van der Waals surface area contributed by atoms with Crippen molar-refractivity contribution in [1.29, 1.82) is 0 Å². The van der Waals surface area contributed by atoms with Crippen LogP contribution in [0.2, 0.25) is 5.02 Å². The molecule has 0 aliphatic heterocycles. The molecule has 2 amide bonds. The molecule has 0 spiro atoms. The van der Waals surface area contributed by atoms with Crippen LogP contribution in [0.4, 0.5) is 5.69 Å². The quantitative estimate of drug-likeness (QED) is 0.314. The number of hydrogen-bond donors (Lipinski definition) is 1. The highest BCUT2D eigenvalue weighted by atomic mass is 35.5. The fraction of sp³-hybridized carbons (Fsp3) is 0.355. The Morgan fingerprint density at radius 2 is 1.57 bits per heavy atom. The molecule has 1 fully saturated rings. The number of carbonyl (C=O) groups excluding carboxylic acids is 2. The number of rotatable bonds is 11. The molecule has 1 aliphatic rings. The van der Waals surface area contributed by atoms with Crippen LogP contribution in [0.5, 0.6) is 0 Å². The van der Waals surface area contributed by atoms with Gasteiger partial charge < -0.3 is 10.2 Å². The van der Waals surface area contributed by atoms with E-state index in [-0.39, 0.29) is 23.4 Å². The second kappa shape index (κ2) is 13.3. The van der Waals surface area contributed by atoms with E-state index in [2.05, 4.69) is 5.32 Å². The summed E-state index contributed by atoms with van der Waals surface area (Å²) in [5.74, 6) is -0.666. The fourth-order valence-electron chi connectivity index (χ4n) is 5.11. The average Bonchev–Trinajstić information content (AvgIpc) is 3.46. The molecule has 1 atom stereocenters. The van der Waals surface area contributed by atoms with E-state index >= 15 is 0 Å². The Bertz CT molecular complexity index is 1410. The minimum absolute atomic E-state index is 0.0185. The van der Waals surface area contributed by atoms with Gasteiger partial charge in [0.2, 0.25) is 11.8 Å². The summed E-state index contributed by atoms with van der Waals surface area (Å²) in [6, 6.07) is 21.4. The van der Waals surface area contributed by atoms with Gasteiger partial charge in [-0.1, -0.05) is 73.8 Å². The molecule has 40 heavy (non-hydrogen) atoms. The highest BCUT2D eigenvalue weighted by Crippen LogP contribution is 2.26. The van der Waals surface area contributed by atoms with E-state index < -0.39 is 28.5 Å². The van der Waals surface area contributed by atoms with Crippen molar-refractivity contribution in [3.8, 4) is 0 Å². The number of para-hydroxylation sites is 1. The topological polar surface area (TPSA) is 86.8 Å². The number of anilines is 1. The van der Waals surface area contributed by atoms with Gasteiger partial charge >= 0.3 is 0 Å². The zero-order valence-corrected chi connectivity index (χ0v) is 24.5. The molecule has 212 valence electrons. The zero-order valence-electron chi connectivity index (χ0n) is 22.9. The van der Waals surface area contributed by atoms with Crippen molar-refractivity contribution in [1.82, 2.24) is 10.2 Å². The van der Waals surface area contributed by atoms with Crippen molar-refractivity contribution < 1.29 is 18.0 Å². The summed E-state index contributed by atoms with van der Waals surface area (Å²) in [4.78, 5) is 29.2. The lowest BCUT2D eigenvalue weighted by molar-refractivity contribution is -0.140. The van der Waals surface area contributed by atoms with Crippen LogP contribution in [0.3, 0.4) is 0 Å². The van der Waals surface area contributed by atoms with Crippen molar-refractivity contribution in [2.24, 2.45) is 0 Å². The summed E-state index contributed by atoms with van der Waals surface area (Å²) in [7, 11) is -4.13. The van der Waals surface area contributed by atoms with E-state index in [9.17, 15) is 18.0 Å². The molecular formula is C31H36ClN3O4S. The first-order valence-electron chi connectivity index (χ1n) is 13.7. The first-order chi connectivity index (χ1) is 19.2. The zero-order chi connectivity index (χ0) is 28.7. The third-order valence-electron chi connectivity index (χ3n) is 7.41. The molecule has 0 saturated heterocycles. The SMILES string of the molecule is CC[C@@H](C(=O)NC1CCCC1)N(Cc1ccccc1C)C(=O)CN(c1ccccc1)S(=O)(=O)c1ccc(Cl)cc1. The van der Waals surface area contributed by atoms with Crippen molar-refractivity contribution in [3.63, 3.8) is 0 Å². The van der Waals surface area contributed by atoms with Crippen molar-refractivity contribution in [3.05, 3.63) is 95.0 Å². The van der Waals surface area contributed by atoms with E-state index in [0.29, 0.717) is 17.1 Å². The van der Waals surface area contributed by atoms with Gasteiger partial charge in [0.05, 0.1) is 10.6 Å². The predicted octanol–water partition coefficient (Wildman–Crippen LogP) is 5.71. The Morgan fingerprint density at radius 3 is 2.20 bits per heavy atom. The van der Waals surface area contributed by atoms with E-state index in [4.69, 9.17) is 11.6 Å². The van der Waals surface area contributed by atoms with Gasteiger partial charge in [-0.25, -0.2) is 8.42 Å². The summed E-state index contributed by atoms with van der Waals surface area (Å²) < 4.78 is 28.8. The summed E-state index contributed by atoms with van der Waals surface area (Å²) >= 11 is 6.01. The molecule has 3 aromatic carbocycles. The first kappa shape index (κ1) is 29.6. The third kappa shape index (κ3) is 7.04. The molecule has 9 heteroatoms. The number of aryl methyl sites for hydroxylation is 1. The molecule has 0 aromatic heterocycles. The summed E-state index contributed by atoms with van der Waals surface area (Å²) in [6.07, 6.45) is 4.39. The molecule has 0 radical (unpaired) electrons. The molecule has 7 nitrogen and oxygen atoms in total. The normalized spacial score (nSPS) is 14.5. The summed E-state index contributed by atoms with van der Waals surface area (Å²) in [5, 5.41) is 3.54. The van der Waals surface area contributed by atoms with Crippen LogP contribution in [0, 0.1) is 6.92 Å². The smallest absolute Gasteiger partial charge is 0.264 e. The maximum Gasteiger partial charge on any atom is 0.264 e. The molecule has 0 unspecified atom stereocenters. The van der Waals surface area contributed by atoms with Gasteiger partial charge in [-0.15, -0.1) is 0 Å². The molecule has 4 rings (SSSR count). The number of nitrogens with zero attached hydrogens (tertiary/aromatic N) is 2. The van der Waals surface area contributed by atoms with Gasteiger partial charge in [0, 0.05) is 17.6 Å². The number of amides is 2. The van der Waals surface area contributed by atoms with Gasteiger partial charge in [0.15, 0.2) is 0 Å². The largest absolute Gasteiger partial charge is 0.352 e. The Morgan fingerprint density at radius 1 is 0.950 bits per heavy atom. The second-order valence-corrected chi connectivity index (χ2v) is 12.5. The minimum Gasteiger partial charge on any atom is -0.352 e. The molecule has 1 aliphatic carbocycles. The van der Waals surface area contributed by atoms with Crippen LogP contribution in [0.1, 0.15) is 50.2 Å². The van der Waals surface area contributed by atoms with Crippen LogP contribution < -0.4 is 9.62 Å². The van der Waals surface area contributed by atoms with E-state index in [1.165, 1.54) is 29.2 Å². The number of halogens is 1. The van der Waals surface area contributed by atoms with Crippen molar-refractivity contribution in [2.45, 2.75) is 69.5 Å². The summed E-state index contributed by atoms with van der Waals surface area (Å²) in [5.41, 5.74) is 2.24. The maximum atomic E-state index is 14.1. The Hall–Kier alpha value is -3.36. The highest BCUT2D eigenvalue weighted by Gasteiger charge is 2.34. The third-order valence-corrected chi connectivity index (χ3v) is 9.45. The number of benzene rings is 3. The average molecular weight is 582 g/mol. The fourth-order valence-corrected chi connectivity index (χ4v) is 6.65. The highest BCUT2D eigenvalue weighted by molar-refractivity contribution is 7.92. The van der Waals surface area contributed by atoms with Crippen molar-refractivity contribution in [2.75, 3.05) is 10.8 Å². The standard InChI is InChI=1S/C31H36ClN3O4S/c1-3-29(31(37)33-26-13-9-10-14-26)34(21-24-12-8-7-11-23(24)2)30(36)22-35(27-15-5-4-6-16-27)40(38,39)28-19-17-25(32)18-20-28/h4-8,11-12,15-20,26,29H,3,9-10,13-14,21-22H2,1-2H3,(H,33,37)/t29-/m0/s1. The Labute approximate surface area is 242 Å². The number of carbonyl (C=O) groups is 2. The minimum atomic E-state index is -4.13. The van der Waals surface area contributed by atoms with Gasteiger partial charge in [-0.05, 0) is 73.7 Å². The molecule has 0 heterocycles. The number of sulfonamides is 1. The lowest BCUT2D eigenvalue weighted by atomic mass is 10.1. The van der Waals surface area contributed by atoms with Crippen LogP contribution in [-0.4, -0.2) is 43.8 Å². The Kier molecular flexibility index (Phi) is 9.87.